The standard InChI is InChI=1S/C23H24FN3O3S/c1-15(2)12-25-23-27(19(14-31-23)16-6-9-18(24)10-7-16)26-13-17-8-11-20(28-3)22(30-5)21(17)29-4/h6-11,13-14H,1,12H2,2-5H3. The summed E-state index contributed by atoms with van der Waals surface area (Å²) in [6.07, 6.45) is 1.67. The maximum atomic E-state index is 13.4. The van der Waals surface area contributed by atoms with Crippen LogP contribution >= 0.6 is 11.3 Å². The highest BCUT2D eigenvalue weighted by Gasteiger charge is 2.15. The Morgan fingerprint density at radius 2 is 1.77 bits per heavy atom. The van der Waals surface area contributed by atoms with E-state index >= 15 is 0 Å². The van der Waals surface area contributed by atoms with Crippen LogP contribution in [-0.2, 0) is 0 Å². The van der Waals surface area contributed by atoms with Crippen molar-refractivity contribution in [3.63, 3.8) is 0 Å². The second-order valence-corrected chi connectivity index (χ2v) is 7.50. The molecule has 0 saturated carbocycles. The van der Waals surface area contributed by atoms with Gasteiger partial charge in [0, 0.05) is 16.5 Å². The normalized spacial score (nSPS) is 11.7. The molecule has 1 heterocycles. The van der Waals surface area contributed by atoms with E-state index in [-0.39, 0.29) is 5.82 Å². The molecule has 0 N–H and O–H groups in total. The summed E-state index contributed by atoms with van der Waals surface area (Å²) in [6, 6.07) is 9.88. The zero-order valence-corrected chi connectivity index (χ0v) is 18.7. The van der Waals surface area contributed by atoms with Crippen molar-refractivity contribution in [2.75, 3.05) is 27.9 Å². The molecule has 0 saturated heterocycles. The van der Waals surface area contributed by atoms with Gasteiger partial charge in [-0.3, -0.25) is 4.99 Å². The van der Waals surface area contributed by atoms with Crippen LogP contribution in [0.25, 0.3) is 11.3 Å². The van der Waals surface area contributed by atoms with Crippen molar-refractivity contribution in [2.45, 2.75) is 6.92 Å². The number of rotatable bonds is 8. The highest BCUT2D eigenvalue weighted by Crippen LogP contribution is 2.39. The van der Waals surface area contributed by atoms with E-state index in [1.54, 1.807) is 50.4 Å². The molecule has 3 aromatic rings. The molecule has 0 aliphatic carbocycles. The van der Waals surface area contributed by atoms with Crippen LogP contribution in [0.4, 0.5) is 4.39 Å². The molecule has 0 amide bonds. The molecule has 1 aromatic heterocycles. The zero-order chi connectivity index (χ0) is 22.4. The van der Waals surface area contributed by atoms with Crippen molar-refractivity contribution in [1.29, 1.82) is 0 Å². The highest BCUT2D eigenvalue weighted by molar-refractivity contribution is 7.07. The minimum atomic E-state index is -0.295. The summed E-state index contributed by atoms with van der Waals surface area (Å²) in [5.41, 5.74) is 3.26. The summed E-state index contributed by atoms with van der Waals surface area (Å²) in [4.78, 5) is 5.30. The van der Waals surface area contributed by atoms with E-state index in [0.717, 1.165) is 16.8 Å². The largest absolute Gasteiger partial charge is 0.493 e. The van der Waals surface area contributed by atoms with Crippen LogP contribution in [0.5, 0.6) is 17.2 Å². The van der Waals surface area contributed by atoms with Gasteiger partial charge in [0.05, 0.1) is 39.8 Å². The van der Waals surface area contributed by atoms with Crippen molar-refractivity contribution >= 4 is 17.6 Å². The Morgan fingerprint density at radius 3 is 2.39 bits per heavy atom. The maximum absolute atomic E-state index is 13.4. The number of aromatic nitrogens is 1. The summed E-state index contributed by atoms with van der Waals surface area (Å²) in [7, 11) is 4.68. The topological polar surface area (TPSA) is 57.3 Å². The highest BCUT2D eigenvalue weighted by atomic mass is 32.1. The predicted octanol–water partition coefficient (Wildman–Crippen LogP) is 4.74. The Hall–Kier alpha value is -3.39. The molecule has 6 nitrogen and oxygen atoms in total. The fourth-order valence-electron chi connectivity index (χ4n) is 2.89. The first-order valence-electron chi connectivity index (χ1n) is 9.43. The Labute approximate surface area is 184 Å². The Balaban J connectivity index is 2.12. The van der Waals surface area contributed by atoms with Gasteiger partial charge in [0.15, 0.2) is 11.5 Å². The molecule has 0 atom stereocenters. The number of hydrogen-bond donors (Lipinski definition) is 0. The van der Waals surface area contributed by atoms with Crippen LogP contribution in [-0.4, -0.2) is 38.8 Å². The maximum Gasteiger partial charge on any atom is 0.206 e. The quantitative estimate of drug-likeness (QED) is 0.375. The number of benzene rings is 2. The minimum Gasteiger partial charge on any atom is -0.493 e. The lowest BCUT2D eigenvalue weighted by Crippen LogP contribution is -2.13. The molecule has 3 rings (SSSR count). The fraction of sp³-hybridized carbons (Fsp3) is 0.217. The Bertz CT molecular complexity index is 1160. The third-order valence-corrected chi connectivity index (χ3v) is 5.21. The molecular weight excluding hydrogens is 417 g/mol. The van der Waals surface area contributed by atoms with Gasteiger partial charge >= 0.3 is 0 Å². The molecule has 0 radical (unpaired) electrons. The lowest BCUT2D eigenvalue weighted by molar-refractivity contribution is 0.324. The number of halogens is 1. The van der Waals surface area contributed by atoms with Crippen molar-refractivity contribution in [3.8, 4) is 28.5 Å². The molecule has 2 aromatic carbocycles. The van der Waals surface area contributed by atoms with Gasteiger partial charge in [-0.15, -0.1) is 11.3 Å². The zero-order valence-electron chi connectivity index (χ0n) is 17.9. The van der Waals surface area contributed by atoms with E-state index in [9.17, 15) is 4.39 Å². The molecule has 8 heteroatoms. The third kappa shape index (κ3) is 5.03. The summed E-state index contributed by atoms with van der Waals surface area (Å²) >= 11 is 1.45. The van der Waals surface area contributed by atoms with Gasteiger partial charge in [-0.1, -0.05) is 12.2 Å². The second-order valence-electron chi connectivity index (χ2n) is 6.66. The molecule has 31 heavy (non-hydrogen) atoms. The first-order valence-corrected chi connectivity index (χ1v) is 10.3. The van der Waals surface area contributed by atoms with Crippen LogP contribution < -0.4 is 19.0 Å². The summed E-state index contributed by atoms with van der Waals surface area (Å²) in [5.74, 6) is 1.25. The molecule has 0 aliphatic heterocycles. The van der Waals surface area contributed by atoms with Crippen LogP contribution in [0, 0.1) is 5.82 Å². The van der Waals surface area contributed by atoms with Crippen molar-refractivity contribution < 1.29 is 18.6 Å². The average molecular weight is 442 g/mol. The van der Waals surface area contributed by atoms with E-state index in [4.69, 9.17) is 14.2 Å². The number of methoxy groups -OCH3 is 3. The van der Waals surface area contributed by atoms with E-state index in [2.05, 4.69) is 16.7 Å². The van der Waals surface area contributed by atoms with Crippen molar-refractivity contribution in [1.82, 2.24) is 4.68 Å². The molecule has 0 fully saturated rings. The van der Waals surface area contributed by atoms with Gasteiger partial charge in [-0.2, -0.15) is 5.10 Å². The van der Waals surface area contributed by atoms with Crippen molar-refractivity contribution in [2.24, 2.45) is 10.1 Å². The van der Waals surface area contributed by atoms with E-state index < -0.39 is 0 Å². The van der Waals surface area contributed by atoms with Gasteiger partial charge < -0.3 is 14.2 Å². The third-order valence-electron chi connectivity index (χ3n) is 4.36. The molecule has 0 spiro atoms. The van der Waals surface area contributed by atoms with Gasteiger partial charge in [-0.05, 0) is 43.3 Å². The Kier molecular flexibility index (Phi) is 7.25. The van der Waals surface area contributed by atoms with Gasteiger partial charge in [0.1, 0.15) is 5.82 Å². The first kappa shape index (κ1) is 22.3. The lowest BCUT2D eigenvalue weighted by atomic mass is 10.2. The molecular formula is C23H24FN3O3S. The number of nitrogens with zero attached hydrogens (tertiary/aromatic N) is 3. The van der Waals surface area contributed by atoms with Gasteiger partial charge in [0.25, 0.3) is 0 Å². The smallest absolute Gasteiger partial charge is 0.206 e. The summed E-state index contributed by atoms with van der Waals surface area (Å²) < 4.78 is 31.4. The van der Waals surface area contributed by atoms with Crippen LogP contribution in [0.2, 0.25) is 0 Å². The van der Waals surface area contributed by atoms with E-state index in [1.807, 2.05) is 18.4 Å². The molecule has 0 unspecified atom stereocenters. The fourth-order valence-corrected chi connectivity index (χ4v) is 3.72. The first-order chi connectivity index (χ1) is 15.0. The summed E-state index contributed by atoms with van der Waals surface area (Å²) in [5, 5.41) is 6.60. The number of ether oxygens (including phenoxy) is 3. The average Bonchev–Trinajstić information content (AvgIpc) is 3.18. The Morgan fingerprint density at radius 1 is 1.06 bits per heavy atom. The number of hydrogen-bond acceptors (Lipinski definition) is 6. The van der Waals surface area contributed by atoms with Gasteiger partial charge in [-0.25, -0.2) is 9.07 Å². The molecule has 0 bridgehead atoms. The van der Waals surface area contributed by atoms with E-state index in [0.29, 0.717) is 34.2 Å². The molecule has 162 valence electrons. The van der Waals surface area contributed by atoms with Crippen molar-refractivity contribution in [3.05, 3.63) is 70.1 Å². The number of thiazole rings is 1. The SMILES string of the molecule is C=C(C)CN=c1scc(-c2ccc(F)cc2)n1N=Cc1ccc(OC)c(OC)c1OC. The van der Waals surface area contributed by atoms with Gasteiger partial charge in [0.2, 0.25) is 10.6 Å². The van der Waals surface area contributed by atoms with Crippen LogP contribution in [0.3, 0.4) is 0 Å². The summed E-state index contributed by atoms with van der Waals surface area (Å²) in [6.45, 7) is 6.31. The van der Waals surface area contributed by atoms with Crippen LogP contribution in [0.15, 0.2) is 64.0 Å². The van der Waals surface area contributed by atoms with E-state index in [1.165, 1.54) is 23.5 Å². The predicted molar refractivity (Wildman–Crippen MR) is 122 cm³/mol. The minimum absolute atomic E-state index is 0.295. The van der Waals surface area contributed by atoms with Crippen LogP contribution in [0.1, 0.15) is 12.5 Å². The lowest BCUT2D eigenvalue weighted by Gasteiger charge is -2.13. The second kappa shape index (κ2) is 10.1. The molecule has 0 aliphatic rings. The monoisotopic (exact) mass is 441 g/mol.